The monoisotopic (exact) mass is 473 g/mol. The van der Waals surface area contributed by atoms with Gasteiger partial charge in [-0.1, -0.05) is 60.3 Å². The highest BCUT2D eigenvalue weighted by Crippen LogP contribution is 2.30. The quantitative estimate of drug-likeness (QED) is 0.216. The van der Waals surface area contributed by atoms with Crippen LogP contribution < -0.4 is 5.32 Å². The highest BCUT2D eigenvalue weighted by Gasteiger charge is 2.20. The van der Waals surface area contributed by atoms with Gasteiger partial charge in [0.25, 0.3) is 5.69 Å². The van der Waals surface area contributed by atoms with Crippen LogP contribution in [0.2, 0.25) is 0 Å². The van der Waals surface area contributed by atoms with Crippen molar-refractivity contribution in [1.82, 2.24) is 14.8 Å². The van der Waals surface area contributed by atoms with Gasteiger partial charge in [-0.25, -0.2) is 0 Å². The molecule has 0 radical (unpaired) electrons. The molecule has 8 nitrogen and oxygen atoms in total. The molecular formula is C25H23N5O3S. The predicted molar refractivity (Wildman–Crippen MR) is 133 cm³/mol. The second-order valence-corrected chi connectivity index (χ2v) is 8.78. The van der Waals surface area contributed by atoms with E-state index in [1.807, 2.05) is 60.9 Å². The van der Waals surface area contributed by atoms with Crippen molar-refractivity contribution in [2.45, 2.75) is 25.9 Å². The Balaban J connectivity index is 1.63. The first kappa shape index (κ1) is 23.2. The van der Waals surface area contributed by atoms with Gasteiger partial charge in [0, 0.05) is 11.6 Å². The number of aromatic nitrogens is 3. The van der Waals surface area contributed by atoms with Crippen molar-refractivity contribution >= 4 is 29.0 Å². The SMILES string of the molecule is Cc1ccc(-n2c(SCC(=O)Nc3c(C)cccc3[N+](=O)[O-])nnc2-c2ccccc2)cc1C. The fraction of sp³-hybridized carbons (Fsp3) is 0.160. The maximum atomic E-state index is 12.7. The molecule has 0 saturated heterocycles. The van der Waals surface area contributed by atoms with E-state index in [1.54, 1.807) is 19.1 Å². The number of hydrogen-bond acceptors (Lipinski definition) is 6. The lowest BCUT2D eigenvalue weighted by atomic mass is 10.1. The molecule has 0 unspecified atom stereocenters. The van der Waals surface area contributed by atoms with E-state index >= 15 is 0 Å². The van der Waals surface area contributed by atoms with E-state index in [2.05, 4.69) is 21.6 Å². The van der Waals surface area contributed by atoms with Crippen LogP contribution in [-0.2, 0) is 4.79 Å². The molecule has 1 aromatic heterocycles. The van der Waals surface area contributed by atoms with Gasteiger partial charge in [0.1, 0.15) is 5.69 Å². The Bertz CT molecular complexity index is 1370. The molecule has 0 fully saturated rings. The summed E-state index contributed by atoms with van der Waals surface area (Å²) in [5.41, 5.74) is 4.79. The summed E-state index contributed by atoms with van der Waals surface area (Å²) in [5, 5.41) is 23.3. The van der Waals surface area contributed by atoms with Crippen molar-refractivity contribution in [2.24, 2.45) is 0 Å². The van der Waals surface area contributed by atoms with E-state index in [1.165, 1.54) is 23.4 Å². The van der Waals surface area contributed by atoms with E-state index in [9.17, 15) is 14.9 Å². The first-order chi connectivity index (χ1) is 16.3. The molecule has 0 aliphatic heterocycles. The molecule has 1 N–H and O–H groups in total. The van der Waals surface area contributed by atoms with Crippen LogP contribution in [0.3, 0.4) is 0 Å². The van der Waals surface area contributed by atoms with Crippen molar-refractivity contribution in [3.05, 3.63) is 93.5 Å². The average molecular weight is 474 g/mol. The number of nitrogens with one attached hydrogen (secondary N) is 1. The third kappa shape index (κ3) is 4.84. The van der Waals surface area contributed by atoms with Crippen LogP contribution in [0.25, 0.3) is 17.1 Å². The number of aryl methyl sites for hydroxylation is 3. The first-order valence-corrected chi connectivity index (χ1v) is 11.6. The number of nitro groups is 1. The van der Waals surface area contributed by atoms with Gasteiger partial charge < -0.3 is 5.32 Å². The molecular weight excluding hydrogens is 450 g/mol. The molecule has 0 atom stereocenters. The second kappa shape index (κ2) is 9.88. The van der Waals surface area contributed by atoms with Crippen LogP contribution in [0.5, 0.6) is 0 Å². The molecule has 0 saturated carbocycles. The molecule has 0 spiro atoms. The fourth-order valence-electron chi connectivity index (χ4n) is 3.51. The number of benzene rings is 3. The number of rotatable bonds is 7. The summed E-state index contributed by atoms with van der Waals surface area (Å²) in [6, 6.07) is 20.5. The molecule has 34 heavy (non-hydrogen) atoms. The highest BCUT2D eigenvalue weighted by molar-refractivity contribution is 7.99. The zero-order chi connectivity index (χ0) is 24.2. The van der Waals surface area contributed by atoms with Crippen LogP contribution in [0.4, 0.5) is 11.4 Å². The van der Waals surface area contributed by atoms with Gasteiger partial charge in [-0.15, -0.1) is 10.2 Å². The summed E-state index contributed by atoms with van der Waals surface area (Å²) in [6.45, 7) is 5.81. The van der Waals surface area contributed by atoms with Gasteiger partial charge in [-0.05, 0) is 49.6 Å². The van der Waals surface area contributed by atoms with Gasteiger partial charge in [0.2, 0.25) is 5.91 Å². The molecule has 4 aromatic rings. The molecule has 172 valence electrons. The van der Waals surface area contributed by atoms with Crippen molar-refractivity contribution in [1.29, 1.82) is 0 Å². The average Bonchev–Trinajstić information content (AvgIpc) is 3.25. The number of thioether (sulfide) groups is 1. The first-order valence-electron chi connectivity index (χ1n) is 10.6. The minimum absolute atomic E-state index is 0.0171. The smallest absolute Gasteiger partial charge is 0.293 e. The lowest BCUT2D eigenvalue weighted by Gasteiger charge is -2.12. The summed E-state index contributed by atoms with van der Waals surface area (Å²) < 4.78 is 1.93. The number of anilines is 1. The van der Waals surface area contributed by atoms with Crippen LogP contribution in [-0.4, -0.2) is 31.3 Å². The van der Waals surface area contributed by atoms with Crippen molar-refractivity contribution in [3.63, 3.8) is 0 Å². The van der Waals surface area contributed by atoms with Crippen molar-refractivity contribution in [2.75, 3.05) is 11.1 Å². The molecule has 4 rings (SSSR count). The number of nitrogens with zero attached hydrogens (tertiary/aromatic N) is 4. The minimum atomic E-state index is -0.502. The summed E-state index contributed by atoms with van der Waals surface area (Å²) in [5.74, 6) is 0.322. The minimum Gasteiger partial charge on any atom is -0.319 e. The Morgan fingerprint density at radius 3 is 2.44 bits per heavy atom. The number of carbonyl (C=O) groups excluding carboxylic acids is 1. The molecule has 0 aliphatic rings. The Kier molecular flexibility index (Phi) is 6.74. The Morgan fingerprint density at radius 2 is 1.74 bits per heavy atom. The van der Waals surface area contributed by atoms with E-state index in [-0.39, 0.29) is 23.0 Å². The molecule has 0 bridgehead atoms. The van der Waals surface area contributed by atoms with Gasteiger partial charge in [0.05, 0.1) is 16.4 Å². The van der Waals surface area contributed by atoms with Crippen molar-refractivity contribution in [3.8, 4) is 17.1 Å². The van der Waals surface area contributed by atoms with E-state index < -0.39 is 4.92 Å². The Labute approximate surface area is 201 Å². The lowest BCUT2D eigenvalue weighted by Crippen LogP contribution is -2.16. The third-order valence-electron chi connectivity index (χ3n) is 5.46. The Hall–Kier alpha value is -3.98. The van der Waals surface area contributed by atoms with Crippen molar-refractivity contribution < 1.29 is 9.72 Å². The number of para-hydroxylation sites is 1. The zero-order valence-electron chi connectivity index (χ0n) is 19.0. The van der Waals surface area contributed by atoms with E-state index in [0.717, 1.165) is 16.8 Å². The molecule has 9 heteroatoms. The van der Waals surface area contributed by atoms with Crippen LogP contribution in [0.15, 0.2) is 71.9 Å². The van der Waals surface area contributed by atoms with Gasteiger partial charge in [0.15, 0.2) is 11.0 Å². The van der Waals surface area contributed by atoms with Crippen LogP contribution >= 0.6 is 11.8 Å². The maximum absolute atomic E-state index is 12.7. The molecule has 1 heterocycles. The summed E-state index contributed by atoms with van der Waals surface area (Å²) >= 11 is 1.22. The van der Waals surface area contributed by atoms with Gasteiger partial charge in [-0.3, -0.25) is 19.5 Å². The predicted octanol–water partition coefficient (Wildman–Crippen LogP) is 5.50. The number of amides is 1. The lowest BCUT2D eigenvalue weighted by molar-refractivity contribution is -0.384. The number of hydrogen-bond donors (Lipinski definition) is 1. The van der Waals surface area contributed by atoms with Crippen LogP contribution in [0, 0.1) is 30.9 Å². The fourth-order valence-corrected chi connectivity index (χ4v) is 4.26. The highest BCUT2D eigenvalue weighted by atomic mass is 32.2. The Morgan fingerprint density at radius 1 is 0.971 bits per heavy atom. The van der Waals surface area contributed by atoms with Crippen LogP contribution in [0.1, 0.15) is 16.7 Å². The standard InChI is InChI=1S/C25H23N5O3S/c1-16-12-13-20(14-18(16)3)29-24(19-9-5-4-6-10-19)27-28-25(29)34-15-22(31)26-23-17(2)8-7-11-21(23)30(32)33/h4-14H,15H2,1-3H3,(H,26,31). The molecule has 3 aromatic carbocycles. The second-order valence-electron chi connectivity index (χ2n) is 7.84. The van der Waals surface area contributed by atoms with E-state index in [0.29, 0.717) is 16.5 Å². The molecule has 0 aliphatic carbocycles. The third-order valence-corrected chi connectivity index (χ3v) is 6.39. The summed E-state index contributed by atoms with van der Waals surface area (Å²) in [4.78, 5) is 23.6. The zero-order valence-corrected chi connectivity index (χ0v) is 19.8. The topological polar surface area (TPSA) is 103 Å². The maximum Gasteiger partial charge on any atom is 0.293 e. The van der Waals surface area contributed by atoms with E-state index in [4.69, 9.17) is 0 Å². The largest absolute Gasteiger partial charge is 0.319 e. The number of nitro benzene ring substituents is 1. The van der Waals surface area contributed by atoms with Gasteiger partial charge >= 0.3 is 0 Å². The summed E-state index contributed by atoms with van der Waals surface area (Å²) in [6.07, 6.45) is 0. The normalized spacial score (nSPS) is 10.8. The van der Waals surface area contributed by atoms with Gasteiger partial charge in [-0.2, -0.15) is 0 Å². The molecule has 1 amide bonds. The summed E-state index contributed by atoms with van der Waals surface area (Å²) in [7, 11) is 0. The number of carbonyl (C=O) groups is 1.